The minimum atomic E-state index is -0.524. The van der Waals surface area contributed by atoms with Crippen LogP contribution in [0.4, 0.5) is 5.69 Å². The van der Waals surface area contributed by atoms with Gasteiger partial charge in [0, 0.05) is 17.3 Å². The summed E-state index contributed by atoms with van der Waals surface area (Å²) < 4.78 is 10.7. The van der Waals surface area contributed by atoms with Crippen LogP contribution in [0.2, 0.25) is 5.02 Å². The molecule has 0 fully saturated rings. The van der Waals surface area contributed by atoms with Crippen molar-refractivity contribution >= 4 is 35.2 Å². The highest BCUT2D eigenvalue weighted by Crippen LogP contribution is 2.36. The highest BCUT2D eigenvalue weighted by molar-refractivity contribution is 6.32. The Labute approximate surface area is 156 Å². The van der Waals surface area contributed by atoms with E-state index in [1.54, 1.807) is 42.5 Å². The second kappa shape index (κ2) is 8.92. The van der Waals surface area contributed by atoms with E-state index in [0.29, 0.717) is 39.9 Å². The van der Waals surface area contributed by atoms with Gasteiger partial charge in [-0.25, -0.2) is 0 Å². The van der Waals surface area contributed by atoms with Crippen molar-refractivity contribution in [2.75, 3.05) is 19.0 Å². The number of primary amides is 1. The van der Waals surface area contributed by atoms with Crippen molar-refractivity contribution in [3.63, 3.8) is 0 Å². The van der Waals surface area contributed by atoms with Crippen LogP contribution >= 0.6 is 11.6 Å². The first-order valence-electron chi connectivity index (χ1n) is 7.83. The van der Waals surface area contributed by atoms with E-state index in [-0.39, 0.29) is 5.91 Å². The first-order valence-corrected chi connectivity index (χ1v) is 8.21. The van der Waals surface area contributed by atoms with Crippen molar-refractivity contribution in [3.8, 4) is 11.5 Å². The number of nitrogens with two attached hydrogens (primary N) is 1. The summed E-state index contributed by atoms with van der Waals surface area (Å²) in [5.41, 5.74) is 6.79. The molecular formula is C19H19ClN2O4. The molecule has 0 heterocycles. The Kier molecular flexibility index (Phi) is 6.63. The molecule has 26 heavy (non-hydrogen) atoms. The van der Waals surface area contributed by atoms with Crippen molar-refractivity contribution in [2.24, 2.45) is 5.73 Å². The molecule has 0 spiro atoms. The van der Waals surface area contributed by atoms with Crippen molar-refractivity contribution in [1.82, 2.24) is 0 Å². The summed E-state index contributed by atoms with van der Waals surface area (Å²) >= 11 is 6.18. The van der Waals surface area contributed by atoms with Gasteiger partial charge in [-0.1, -0.05) is 11.6 Å². The zero-order valence-corrected chi connectivity index (χ0v) is 15.2. The normalized spacial score (nSPS) is 10.6. The Bertz CT molecular complexity index is 832. The van der Waals surface area contributed by atoms with Crippen LogP contribution in [0.15, 0.2) is 42.5 Å². The van der Waals surface area contributed by atoms with E-state index in [1.165, 1.54) is 13.2 Å². The molecule has 0 atom stereocenters. The van der Waals surface area contributed by atoms with Gasteiger partial charge in [0.1, 0.15) is 0 Å². The molecule has 2 aromatic carbocycles. The molecule has 6 nitrogen and oxygen atoms in total. The summed E-state index contributed by atoms with van der Waals surface area (Å²) in [5.74, 6) is 0.0974. The summed E-state index contributed by atoms with van der Waals surface area (Å²) in [6.45, 7) is 2.31. The van der Waals surface area contributed by atoms with Gasteiger partial charge in [-0.05, 0) is 55.0 Å². The lowest BCUT2D eigenvalue weighted by Gasteiger charge is -2.11. The second-order valence-corrected chi connectivity index (χ2v) is 5.64. The molecule has 2 rings (SSSR count). The number of carbonyl (C=O) groups excluding carboxylic acids is 2. The third kappa shape index (κ3) is 5.00. The highest BCUT2D eigenvalue weighted by atomic mass is 35.5. The average Bonchev–Trinajstić information content (AvgIpc) is 2.60. The van der Waals surface area contributed by atoms with Gasteiger partial charge in [0.2, 0.25) is 11.8 Å². The van der Waals surface area contributed by atoms with Crippen LogP contribution in [0.1, 0.15) is 22.8 Å². The standard InChI is InChI=1S/C19H19ClN2O4/c1-3-26-16-11-12(10-15(20)18(16)25-2)4-9-17(23)22-14-7-5-13(6-8-14)19(21)24/h4-11H,3H2,1-2H3,(H2,21,24)(H,22,23). The maximum Gasteiger partial charge on any atom is 0.248 e. The zero-order chi connectivity index (χ0) is 19.1. The fraction of sp³-hybridized carbons (Fsp3) is 0.158. The molecule has 2 amide bonds. The Morgan fingerprint density at radius 3 is 2.50 bits per heavy atom. The van der Waals surface area contributed by atoms with Crippen LogP contribution in [0.5, 0.6) is 11.5 Å². The monoisotopic (exact) mass is 374 g/mol. The first kappa shape index (κ1) is 19.3. The SMILES string of the molecule is CCOc1cc(C=CC(=O)Nc2ccc(C(N)=O)cc2)cc(Cl)c1OC. The quantitative estimate of drug-likeness (QED) is 0.726. The molecular weight excluding hydrogens is 356 g/mol. The Morgan fingerprint density at radius 1 is 1.23 bits per heavy atom. The van der Waals surface area contributed by atoms with Gasteiger partial charge in [-0.3, -0.25) is 9.59 Å². The van der Waals surface area contributed by atoms with Crippen LogP contribution in [0.3, 0.4) is 0 Å². The highest BCUT2D eigenvalue weighted by Gasteiger charge is 2.10. The summed E-state index contributed by atoms with van der Waals surface area (Å²) in [4.78, 5) is 23.1. The molecule has 0 saturated heterocycles. The molecule has 2 aromatic rings. The lowest BCUT2D eigenvalue weighted by atomic mass is 10.1. The summed E-state index contributed by atoms with van der Waals surface area (Å²) in [6.07, 6.45) is 2.98. The van der Waals surface area contributed by atoms with Crippen LogP contribution in [-0.4, -0.2) is 25.5 Å². The molecule has 136 valence electrons. The lowest BCUT2D eigenvalue weighted by molar-refractivity contribution is -0.111. The number of nitrogens with one attached hydrogen (secondary N) is 1. The van der Waals surface area contributed by atoms with Crippen LogP contribution in [-0.2, 0) is 4.79 Å². The Balaban J connectivity index is 2.10. The number of hydrogen-bond acceptors (Lipinski definition) is 4. The van der Waals surface area contributed by atoms with Crippen LogP contribution in [0.25, 0.3) is 6.08 Å². The largest absolute Gasteiger partial charge is 0.491 e. The summed E-state index contributed by atoms with van der Waals surface area (Å²) in [7, 11) is 1.51. The van der Waals surface area contributed by atoms with Gasteiger partial charge in [0.25, 0.3) is 0 Å². The maximum absolute atomic E-state index is 12.0. The predicted octanol–water partition coefficient (Wildman–Crippen LogP) is 3.50. The average molecular weight is 375 g/mol. The third-order valence-corrected chi connectivity index (χ3v) is 3.68. The number of ether oxygens (including phenoxy) is 2. The van der Waals surface area contributed by atoms with Gasteiger partial charge < -0.3 is 20.5 Å². The van der Waals surface area contributed by atoms with E-state index >= 15 is 0 Å². The second-order valence-electron chi connectivity index (χ2n) is 5.23. The molecule has 3 N–H and O–H groups in total. The van der Waals surface area contributed by atoms with E-state index in [2.05, 4.69) is 5.32 Å². The number of amides is 2. The number of rotatable bonds is 7. The molecule has 0 aliphatic carbocycles. The number of anilines is 1. The number of halogens is 1. The van der Waals surface area contributed by atoms with E-state index in [1.807, 2.05) is 6.92 Å². The van der Waals surface area contributed by atoms with Gasteiger partial charge >= 0.3 is 0 Å². The molecule has 0 saturated carbocycles. The predicted molar refractivity (Wildman–Crippen MR) is 102 cm³/mol. The minimum Gasteiger partial charge on any atom is -0.491 e. The van der Waals surface area contributed by atoms with Gasteiger partial charge in [0.05, 0.1) is 18.7 Å². The first-order chi connectivity index (χ1) is 12.4. The number of methoxy groups -OCH3 is 1. The summed E-state index contributed by atoms with van der Waals surface area (Å²) in [5, 5.41) is 3.08. The maximum atomic E-state index is 12.0. The molecule has 0 aliphatic heterocycles. The van der Waals surface area contributed by atoms with E-state index in [4.69, 9.17) is 26.8 Å². The van der Waals surface area contributed by atoms with E-state index < -0.39 is 5.91 Å². The van der Waals surface area contributed by atoms with E-state index in [9.17, 15) is 9.59 Å². The van der Waals surface area contributed by atoms with Crippen LogP contribution in [0, 0.1) is 0 Å². The topological polar surface area (TPSA) is 90.6 Å². The lowest BCUT2D eigenvalue weighted by Crippen LogP contribution is -2.11. The molecule has 7 heteroatoms. The van der Waals surface area contributed by atoms with Gasteiger partial charge in [-0.2, -0.15) is 0 Å². The fourth-order valence-electron chi connectivity index (χ4n) is 2.22. The van der Waals surface area contributed by atoms with Gasteiger partial charge in [-0.15, -0.1) is 0 Å². The number of carbonyl (C=O) groups is 2. The molecule has 0 unspecified atom stereocenters. The third-order valence-electron chi connectivity index (χ3n) is 3.40. The number of benzene rings is 2. The Morgan fingerprint density at radius 2 is 1.92 bits per heavy atom. The van der Waals surface area contributed by atoms with Crippen molar-refractivity contribution in [3.05, 3.63) is 58.6 Å². The summed E-state index contributed by atoms with van der Waals surface area (Å²) in [6, 6.07) is 9.69. The fourth-order valence-corrected chi connectivity index (χ4v) is 2.52. The number of hydrogen-bond donors (Lipinski definition) is 2. The van der Waals surface area contributed by atoms with Gasteiger partial charge in [0.15, 0.2) is 11.5 Å². The smallest absolute Gasteiger partial charge is 0.248 e. The Hall–Kier alpha value is -2.99. The van der Waals surface area contributed by atoms with Crippen molar-refractivity contribution in [2.45, 2.75) is 6.92 Å². The van der Waals surface area contributed by atoms with Crippen LogP contribution < -0.4 is 20.5 Å². The minimum absolute atomic E-state index is 0.332. The van der Waals surface area contributed by atoms with Crippen molar-refractivity contribution in [1.29, 1.82) is 0 Å². The van der Waals surface area contributed by atoms with E-state index in [0.717, 1.165) is 0 Å². The van der Waals surface area contributed by atoms with Crippen molar-refractivity contribution < 1.29 is 19.1 Å². The zero-order valence-electron chi connectivity index (χ0n) is 14.4. The molecule has 0 aromatic heterocycles. The molecule has 0 aliphatic rings. The molecule has 0 bridgehead atoms. The molecule has 0 radical (unpaired) electrons.